The first kappa shape index (κ1) is 17.2. The number of amides is 2. The zero-order valence-electron chi connectivity index (χ0n) is 14.1. The molecule has 1 aromatic rings. The summed E-state index contributed by atoms with van der Waals surface area (Å²) in [7, 11) is 1.38. The summed E-state index contributed by atoms with van der Waals surface area (Å²) < 4.78 is 18.6. The quantitative estimate of drug-likeness (QED) is 0.838. The number of hydrogen-bond donors (Lipinski definition) is 0. The highest BCUT2D eigenvalue weighted by Gasteiger charge is 2.31. The lowest BCUT2D eigenvalue weighted by Crippen LogP contribution is -2.53. The molecule has 1 aliphatic rings. The van der Waals surface area contributed by atoms with Gasteiger partial charge >= 0.3 is 0 Å². The van der Waals surface area contributed by atoms with Crippen LogP contribution in [0.4, 0.5) is 4.39 Å². The van der Waals surface area contributed by atoms with Gasteiger partial charge in [-0.1, -0.05) is 20.8 Å². The summed E-state index contributed by atoms with van der Waals surface area (Å²) in [5.74, 6) is -0.587. The van der Waals surface area contributed by atoms with E-state index in [4.69, 9.17) is 4.74 Å². The summed E-state index contributed by atoms with van der Waals surface area (Å²) >= 11 is 0. The highest BCUT2D eigenvalue weighted by atomic mass is 19.1. The fourth-order valence-corrected chi connectivity index (χ4v) is 2.57. The van der Waals surface area contributed by atoms with E-state index >= 15 is 0 Å². The lowest BCUT2D eigenvalue weighted by molar-refractivity contribution is -0.140. The molecule has 2 rings (SSSR count). The van der Waals surface area contributed by atoms with Crippen LogP contribution in [0.1, 0.15) is 31.1 Å². The second-order valence-corrected chi connectivity index (χ2v) is 6.68. The van der Waals surface area contributed by atoms with Gasteiger partial charge in [0.05, 0.1) is 7.11 Å². The zero-order valence-corrected chi connectivity index (χ0v) is 14.1. The Hall–Kier alpha value is -2.11. The van der Waals surface area contributed by atoms with Gasteiger partial charge in [-0.25, -0.2) is 4.39 Å². The van der Waals surface area contributed by atoms with E-state index in [-0.39, 0.29) is 17.6 Å². The van der Waals surface area contributed by atoms with Crippen molar-refractivity contribution in [1.29, 1.82) is 0 Å². The molecule has 6 heteroatoms. The molecule has 1 fully saturated rings. The van der Waals surface area contributed by atoms with Crippen molar-refractivity contribution in [3.63, 3.8) is 0 Å². The number of ether oxygens (including phenoxy) is 1. The monoisotopic (exact) mass is 322 g/mol. The van der Waals surface area contributed by atoms with Crippen molar-refractivity contribution >= 4 is 11.8 Å². The Morgan fingerprint density at radius 2 is 1.65 bits per heavy atom. The Labute approximate surface area is 136 Å². The molecule has 1 aliphatic heterocycles. The van der Waals surface area contributed by atoms with Gasteiger partial charge in [0.2, 0.25) is 5.91 Å². The predicted octanol–water partition coefficient (Wildman–Crippen LogP) is 2.16. The number of piperazine rings is 1. The molecule has 5 nitrogen and oxygen atoms in total. The number of carbonyl (C=O) groups excluding carboxylic acids is 2. The maximum absolute atomic E-state index is 13.7. The number of methoxy groups -OCH3 is 1. The Morgan fingerprint density at radius 3 is 2.13 bits per heavy atom. The van der Waals surface area contributed by atoms with Crippen LogP contribution in [-0.2, 0) is 4.79 Å². The minimum atomic E-state index is -0.556. The molecule has 0 N–H and O–H groups in total. The summed E-state index contributed by atoms with van der Waals surface area (Å²) in [4.78, 5) is 28.1. The molecule has 1 heterocycles. The normalized spacial score (nSPS) is 15.5. The molecule has 23 heavy (non-hydrogen) atoms. The minimum absolute atomic E-state index is 0.0834. The number of rotatable bonds is 2. The van der Waals surface area contributed by atoms with Crippen LogP contribution in [0.5, 0.6) is 5.75 Å². The summed E-state index contributed by atoms with van der Waals surface area (Å²) in [5.41, 5.74) is -0.135. The zero-order chi connectivity index (χ0) is 17.2. The average Bonchev–Trinajstić information content (AvgIpc) is 2.52. The van der Waals surface area contributed by atoms with Crippen molar-refractivity contribution in [3.8, 4) is 5.75 Å². The van der Waals surface area contributed by atoms with Gasteiger partial charge in [0, 0.05) is 37.2 Å². The Morgan fingerprint density at radius 1 is 1.09 bits per heavy atom. The van der Waals surface area contributed by atoms with Crippen LogP contribution >= 0.6 is 0 Å². The van der Waals surface area contributed by atoms with Gasteiger partial charge in [0.25, 0.3) is 5.91 Å². The van der Waals surface area contributed by atoms with Crippen molar-refractivity contribution in [2.24, 2.45) is 5.41 Å². The molecule has 0 aliphatic carbocycles. The third kappa shape index (κ3) is 3.81. The number of halogens is 1. The molecule has 1 aromatic carbocycles. The first-order valence-electron chi connectivity index (χ1n) is 7.66. The van der Waals surface area contributed by atoms with E-state index in [1.165, 1.54) is 19.2 Å². The topological polar surface area (TPSA) is 49.9 Å². The minimum Gasteiger partial charge on any atom is -0.494 e. The SMILES string of the molecule is COc1ccc(C(=O)N2CCN(C(=O)C(C)(C)C)CC2)cc1F. The second-order valence-electron chi connectivity index (χ2n) is 6.68. The predicted molar refractivity (Wildman–Crippen MR) is 84.9 cm³/mol. The van der Waals surface area contributed by atoms with Gasteiger partial charge in [0.1, 0.15) is 0 Å². The van der Waals surface area contributed by atoms with E-state index in [2.05, 4.69) is 0 Å². The molecule has 0 aromatic heterocycles. The molecule has 0 spiro atoms. The van der Waals surface area contributed by atoms with Crippen molar-refractivity contribution in [2.75, 3.05) is 33.3 Å². The fourth-order valence-electron chi connectivity index (χ4n) is 2.57. The van der Waals surface area contributed by atoms with E-state index in [9.17, 15) is 14.0 Å². The van der Waals surface area contributed by atoms with Crippen molar-refractivity contribution in [1.82, 2.24) is 9.80 Å². The van der Waals surface area contributed by atoms with Crippen LogP contribution in [-0.4, -0.2) is 54.9 Å². The molecule has 1 saturated heterocycles. The van der Waals surface area contributed by atoms with Crippen LogP contribution in [0.15, 0.2) is 18.2 Å². The summed E-state index contributed by atoms with van der Waals surface area (Å²) in [6, 6.07) is 4.19. The third-order valence-electron chi connectivity index (χ3n) is 3.89. The van der Waals surface area contributed by atoms with E-state index < -0.39 is 11.2 Å². The van der Waals surface area contributed by atoms with Gasteiger partial charge in [-0.05, 0) is 18.2 Å². The van der Waals surface area contributed by atoms with Crippen molar-refractivity contribution in [3.05, 3.63) is 29.6 Å². The van der Waals surface area contributed by atoms with Gasteiger partial charge in [-0.2, -0.15) is 0 Å². The van der Waals surface area contributed by atoms with Crippen LogP contribution in [0.25, 0.3) is 0 Å². The first-order chi connectivity index (χ1) is 10.7. The standard InChI is InChI=1S/C17H23FN2O3/c1-17(2,3)16(22)20-9-7-19(8-10-20)15(21)12-5-6-14(23-4)13(18)11-12/h5-6,11H,7-10H2,1-4H3. The number of benzene rings is 1. The Kier molecular flexibility index (Phi) is 4.92. The fraction of sp³-hybridized carbons (Fsp3) is 0.529. The van der Waals surface area contributed by atoms with E-state index in [1.807, 2.05) is 20.8 Å². The van der Waals surface area contributed by atoms with Gasteiger partial charge < -0.3 is 14.5 Å². The maximum Gasteiger partial charge on any atom is 0.254 e. The summed E-state index contributed by atoms with van der Waals surface area (Å²) in [6.07, 6.45) is 0. The maximum atomic E-state index is 13.7. The molecule has 126 valence electrons. The number of hydrogen-bond acceptors (Lipinski definition) is 3. The first-order valence-corrected chi connectivity index (χ1v) is 7.66. The molecule has 0 bridgehead atoms. The highest BCUT2D eigenvalue weighted by Crippen LogP contribution is 2.21. The highest BCUT2D eigenvalue weighted by molar-refractivity contribution is 5.94. The number of nitrogens with zero attached hydrogens (tertiary/aromatic N) is 2. The molecular formula is C17H23FN2O3. The lowest BCUT2D eigenvalue weighted by Gasteiger charge is -2.37. The van der Waals surface area contributed by atoms with Crippen LogP contribution < -0.4 is 4.74 Å². The summed E-state index contributed by atoms with van der Waals surface area (Å²) in [6.45, 7) is 7.55. The molecule has 0 atom stereocenters. The molecule has 0 unspecified atom stereocenters. The van der Waals surface area contributed by atoms with E-state index in [0.29, 0.717) is 31.7 Å². The van der Waals surface area contributed by atoms with Crippen molar-refractivity contribution in [2.45, 2.75) is 20.8 Å². The van der Waals surface area contributed by atoms with Crippen LogP contribution in [0.2, 0.25) is 0 Å². The van der Waals surface area contributed by atoms with Gasteiger partial charge in [0.15, 0.2) is 11.6 Å². The van der Waals surface area contributed by atoms with E-state index in [0.717, 1.165) is 0 Å². The molecule has 0 radical (unpaired) electrons. The second kappa shape index (κ2) is 6.56. The van der Waals surface area contributed by atoms with Gasteiger partial charge in [-0.3, -0.25) is 9.59 Å². The molecule has 2 amide bonds. The summed E-state index contributed by atoms with van der Waals surface area (Å²) in [5, 5.41) is 0. The third-order valence-corrected chi connectivity index (χ3v) is 3.89. The Balaban J connectivity index is 2.01. The smallest absolute Gasteiger partial charge is 0.254 e. The van der Waals surface area contributed by atoms with Crippen molar-refractivity contribution < 1.29 is 18.7 Å². The average molecular weight is 322 g/mol. The molecule has 0 saturated carbocycles. The Bertz CT molecular complexity index is 602. The number of carbonyl (C=O) groups is 2. The largest absolute Gasteiger partial charge is 0.494 e. The molecular weight excluding hydrogens is 299 g/mol. The van der Waals surface area contributed by atoms with E-state index in [1.54, 1.807) is 15.9 Å². The van der Waals surface area contributed by atoms with Gasteiger partial charge in [-0.15, -0.1) is 0 Å². The van der Waals surface area contributed by atoms with Crippen LogP contribution in [0, 0.1) is 11.2 Å². The van der Waals surface area contributed by atoms with Crippen LogP contribution in [0.3, 0.4) is 0 Å². The lowest BCUT2D eigenvalue weighted by atomic mass is 9.94.